The maximum Gasteiger partial charge on any atom is 0.0246 e. The van der Waals surface area contributed by atoms with E-state index in [-0.39, 0.29) is 0 Å². The fourth-order valence-electron chi connectivity index (χ4n) is 2.14. The summed E-state index contributed by atoms with van der Waals surface area (Å²) in [5.41, 5.74) is 6.23. The summed E-state index contributed by atoms with van der Waals surface area (Å²) in [5.74, 6) is 0. The van der Waals surface area contributed by atoms with E-state index in [9.17, 15) is 0 Å². The monoisotopic (exact) mass is 299 g/mol. The summed E-state index contributed by atoms with van der Waals surface area (Å²) in [6.45, 7) is 0. The molecule has 1 aromatic rings. The Morgan fingerprint density at radius 2 is 1.75 bits per heavy atom. The molecule has 0 radical (unpaired) electrons. The maximum atomic E-state index is 6.23. The molecule has 88 valence electrons. The van der Waals surface area contributed by atoms with Gasteiger partial charge < -0.3 is 5.73 Å². The third-order valence-electron chi connectivity index (χ3n) is 3.10. The molecule has 3 heteroatoms. The van der Waals surface area contributed by atoms with Crippen LogP contribution in [0, 0.1) is 0 Å². The van der Waals surface area contributed by atoms with Gasteiger partial charge in [-0.15, -0.1) is 11.8 Å². The van der Waals surface area contributed by atoms with Crippen LogP contribution in [-0.2, 0) is 0 Å². The van der Waals surface area contributed by atoms with Crippen molar-refractivity contribution >= 4 is 27.7 Å². The summed E-state index contributed by atoms with van der Waals surface area (Å²) in [5, 5.41) is 0.601. The van der Waals surface area contributed by atoms with E-state index in [1.807, 2.05) is 11.8 Å². The standard InChI is InChI=1S/C13H18BrNS/c14-10-6-8-11(9-7-10)16-13-5-3-1-2-4-12(13)15/h6-9,12-13H,1-5,15H2. The molecule has 1 aromatic carbocycles. The van der Waals surface area contributed by atoms with Gasteiger partial charge in [0.2, 0.25) is 0 Å². The number of nitrogens with two attached hydrogens (primary N) is 1. The molecular formula is C13H18BrNS. The Morgan fingerprint density at radius 1 is 1.06 bits per heavy atom. The predicted molar refractivity (Wildman–Crippen MR) is 74.8 cm³/mol. The van der Waals surface area contributed by atoms with E-state index in [1.54, 1.807) is 0 Å². The first kappa shape index (κ1) is 12.5. The van der Waals surface area contributed by atoms with Crippen molar-refractivity contribution in [2.24, 2.45) is 5.73 Å². The van der Waals surface area contributed by atoms with Crippen molar-refractivity contribution in [3.63, 3.8) is 0 Å². The van der Waals surface area contributed by atoms with Crippen LogP contribution in [0.15, 0.2) is 33.6 Å². The molecule has 2 atom stereocenters. The normalized spacial score (nSPS) is 26.4. The second-order valence-corrected chi connectivity index (χ2v) is 6.64. The summed E-state index contributed by atoms with van der Waals surface area (Å²) in [6, 6.07) is 8.92. The average molecular weight is 300 g/mol. The Morgan fingerprint density at radius 3 is 2.50 bits per heavy atom. The lowest BCUT2D eigenvalue weighted by Crippen LogP contribution is -2.31. The van der Waals surface area contributed by atoms with Gasteiger partial charge in [-0.2, -0.15) is 0 Å². The molecule has 0 aromatic heterocycles. The smallest absolute Gasteiger partial charge is 0.0246 e. The van der Waals surface area contributed by atoms with E-state index in [0.717, 1.165) is 4.47 Å². The van der Waals surface area contributed by atoms with Crippen LogP contribution in [-0.4, -0.2) is 11.3 Å². The minimum absolute atomic E-state index is 0.371. The molecule has 0 spiro atoms. The third-order valence-corrected chi connectivity index (χ3v) is 5.07. The molecule has 1 nitrogen and oxygen atoms in total. The van der Waals surface area contributed by atoms with E-state index in [1.165, 1.54) is 37.0 Å². The molecule has 1 aliphatic rings. The van der Waals surface area contributed by atoms with Gasteiger partial charge in [0, 0.05) is 20.7 Å². The van der Waals surface area contributed by atoms with Gasteiger partial charge in [-0.1, -0.05) is 35.2 Å². The van der Waals surface area contributed by atoms with E-state index < -0.39 is 0 Å². The molecule has 2 unspecified atom stereocenters. The van der Waals surface area contributed by atoms with Gasteiger partial charge in [0.05, 0.1) is 0 Å². The summed E-state index contributed by atoms with van der Waals surface area (Å²) < 4.78 is 1.14. The summed E-state index contributed by atoms with van der Waals surface area (Å²) in [6.07, 6.45) is 6.45. The van der Waals surface area contributed by atoms with Crippen molar-refractivity contribution in [2.45, 2.75) is 48.3 Å². The van der Waals surface area contributed by atoms with Crippen molar-refractivity contribution in [1.82, 2.24) is 0 Å². The van der Waals surface area contributed by atoms with E-state index in [4.69, 9.17) is 5.73 Å². The van der Waals surface area contributed by atoms with Crippen molar-refractivity contribution in [1.29, 1.82) is 0 Å². The van der Waals surface area contributed by atoms with E-state index in [0.29, 0.717) is 11.3 Å². The van der Waals surface area contributed by atoms with Crippen LogP contribution in [0.2, 0.25) is 0 Å². The molecular weight excluding hydrogens is 282 g/mol. The minimum atomic E-state index is 0.371. The second kappa shape index (κ2) is 6.08. The highest BCUT2D eigenvalue weighted by Crippen LogP contribution is 2.32. The molecule has 2 rings (SSSR count). The Bertz CT molecular complexity index is 325. The van der Waals surface area contributed by atoms with Crippen LogP contribution in [0.3, 0.4) is 0 Å². The van der Waals surface area contributed by atoms with Crippen LogP contribution >= 0.6 is 27.7 Å². The first-order valence-corrected chi connectivity index (χ1v) is 7.61. The van der Waals surface area contributed by atoms with Gasteiger partial charge in [0.1, 0.15) is 0 Å². The van der Waals surface area contributed by atoms with Crippen molar-refractivity contribution in [3.05, 3.63) is 28.7 Å². The zero-order valence-electron chi connectivity index (χ0n) is 9.36. The van der Waals surface area contributed by atoms with Gasteiger partial charge in [0.25, 0.3) is 0 Å². The number of hydrogen-bond acceptors (Lipinski definition) is 2. The highest BCUT2D eigenvalue weighted by Gasteiger charge is 2.21. The summed E-state index contributed by atoms with van der Waals surface area (Å²) >= 11 is 5.41. The van der Waals surface area contributed by atoms with Crippen molar-refractivity contribution < 1.29 is 0 Å². The first-order chi connectivity index (χ1) is 7.75. The Hall–Kier alpha value is 0.01000. The Balaban J connectivity index is 1.99. The SMILES string of the molecule is NC1CCCCCC1Sc1ccc(Br)cc1. The highest BCUT2D eigenvalue weighted by atomic mass is 79.9. The number of rotatable bonds is 2. The number of halogens is 1. The van der Waals surface area contributed by atoms with Gasteiger partial charge in [0.15, 0.2) is 0 Å². The van der Waals surface area contributed by atoms with E-state index in [2.05, 4.69) is 40.2 Å². The lowest BCUT2D eigenvalue weighted by Gasteiger charge is -2.20. The zero-order chi connectivity index (χ0) is 11.4. The molecule has 0 saturated heterocycles. The van der Waals surface area contributed by atoms with Gasteiger partial charge in [-0.05, 0) is 37.1 Å². The van der Waals surface area contributed by atoms with Crippen LogP contribution in [0.1, 0.15) is 32.1 Å². The summed E-state index contributed by atoms with van der Waals surface area (Å²) in [7, 11) is 0. The molecule has 0 bridgehead atoms. The van der Waals surface area contributed by atoms with Crippen molar-refractivity contribution in [2.75, 3.05) is 0 Å². The van der Waals surface area contributed by atoms with Crippen LogP contribution in [0.5, 0.6) is 0 Å². The Kier molecular flexibility index (Phi) is 4.74. The molecule has 0 aliphatic heterocycles. The predicted octanol–water partition coefficient (Wildman–Crippen LogP) is 4.20. The third kappa shape index (κ3) is 3.51. The van der Waals surface area contributed by atoms with Crippen LogP contribution in [0.25, 0.3) is 0 Å². The topological polar surface area (TPSA) is 26.0 Å². The molecule has 1 fully saturated rings. The average Bonchev–Trinajstić information content (AvgIpc) is 2.48. The lowest BCUT2D eigenvalue weighted by molar-refractivity contribution is 0.596. The molecule has 1 aliphatic carbocycles. The quantitative estimate of drug-likeness (QED) is 0.828. The second-order valence-electron chi connectivity index (χ2n) is 4.41. The fourth-order valence-corrected chi connectivity index (χ4v) is 3.64. The maximum absolute atomic E-state index is 6.23. The molecule has 16 heavy (non-hydrogen) atoms. The Labute approximate surface area is 110 Å². The highest BCUT2D eigenvalue weighted by molar-refractivity contribution is 9.10. The number of hydrogen-bond donors (Lipinski definition) is 1. The van der Waals surface area contributed by atoms with Gasteiger partial charge >= 0.3 is 0 Å². The lowest BCUT2D eigenvalue weighted by atomic mass is 10.1. The van der Waals surface area contributed by atoms with E-state index >= 15 is 0 Å². The summed E-state index contributed by atoms with van der Waals surface area (Å²) in [4.78, 5) is 1.34. The van der Waals surface area contributed by atoms with Crippen LogP contribution in [0.4, 0.5) is 0 Å². The fraction of sp³-hybridized carbons (Fsp3) is 0.538. The molecule has 0 heterocycles. The largest absolute Gasteiger partial charge is 0.327 e. The molecule has 0 amide bonds. The number of thioether (sulfide) groups is 1. The van der Waals surface area contributed by atoms with Gasteiger partial charge in [-0.3, -0.25) is 0 Å². The first-order valence-electron chi connectivity index (χ1n) is 5.93. The molecule has 2 N–H and O–H groups in total. The van der Waals surface area contributed by atoms with Crippen molar-refractivity contribution in [3.8, 4) is 0 Å². The molecule has 1 saturated carbocycles. The minimum Gasteiger partial charge on any atom is -0.327 e. The van der Waals surface area contributed by atoms with Crippen LogP contribution < -0.4 is 5.73 Å². The number of benzene rings is 1. The zero-order valence-corrected chi connectivity index (χ0v) is 11.8. The van der Waals surface area contributed by atoms with Gasteiger partial charge in [-0.25, -0.2) is 0 Å².